The molecule has 98 valence electrons. The molecule has 1 N–H and O–H groups in total. The van der Waals surface area contributed by atoms with Crippen LogP contribution in [0.25, 0.3) is 0 Å². The largest absolute Gasteiger partial charge is 0.274 e. The molecule has 0 unspecified atom stereocenters. The van der Waals surface area contributed by atoms with Crippen LogP contribution in [0.2, 0.25) is 0 Å². The maximum absolute atomic E-state index is 11.9. The molecule has 0 aliphatic carbocycles. The first-order chi connectivity index (χ1) is 9.08. The van der Waals surface area contributed by atoms with E-state index in [1.54, 1.807) is 36.5 Å². The zero-order valence-corrected chi connectivity index (χ0v) is 10.8. The summed E-state index contributed by atoms with van der Waals surface area (Å²) in [6.07, 6.45) is 3.08. The number of nitrogens with zero attached hydrogens (tertiary/aromatic N) is 1. The third-order valence-electron chi connectivity index (χ3n) is 2.39. The predicted octanol–water partition coefficient (Wildman–Crippen LogP) is 1.13. The fraction of sp³-hybridized carbons (Fsp3) is 0.0769. The molecule has 1 heterocycles. The maximum atomic E-state index is 11.9. The van der Waals surface area contributed by atoms with Crippen LogP contribution >= 0.6 is 0 Å². The molecule has 0 radical (unpaired) electrons. The van der Waals surface area contributed by atoms with Gasteiger partial charge >= 0.3 is 0 Å². The van der Waals surface area contributed by atoms with E-state index in [4.69, 9.17) is 0 Å². The Balaban J connectivity index is 2.07. The Morgan fingerprint density at radius 2 is 1.84 bits per heavy atom. The zero-order valence-electron chi connectivity index (χ0n) is 9.98. The second-order valence-corrected chi connectivity index (χ2v) is 5.56. The van der Waals surface area contributed by atoms with E-state index in [0.29, 0.717) is 5.56 Å². The van der Waals surface area contributed by atoms with Gasteiger partial charge in [-0.15, -0.1) is 0 Å². The number of carbonyl (C=O) groups excluding carboxylic acids is 1. The number of benzene rings is 1. The molecule has 5 nitrogen and oxygen atoms in total. The van der Waals surface area contributed by atoms with Crippen LogP contribution in [-0.4, -0.2) is 19.3 Å². The van der Waals surface area contributed by atoms with Gasteiger partial charge in [0, 0.05) is 12.4 Å². The monoisotopic (exact) mass is 276 g/mol. The van der Waals surface area contributed by atoms with E-state index in [1.807, 2.05) is 4.72 Å². The second kappa shape index (κ2) is 5.62. The first kappa shape index (κ1) is 13.2. The van der Waals surface area contributed by atoms with Crippen molar-refractivity contribution >= 4 is 15.9 Å². The summed E-state index contributed by atoms with van der Waals surface area (Å²) in [5.74, 6) is -0.586. The molecular weight excluding hydrogens is 264 g/mol. The Hall–Kier alpha value is -2.21. The maximum Gasteiger partial charge on any atom is 0.264 e. The lowest BCUT2D eigenvalue weighted by molar-refractivity contribution is -0.118. The Morgan fingerprint density at radius 3 is 2.47 bits per heavy atom. The van der Waals surface area contributed by atoms with Crippen molar-refractivity contribution < 1.29 is 13.2 Å². The molecule has 0 saturated carbocycles. The SMILES string of the molecule is O=C(Cc1cccnc1)NS(=O)(=O)c1ccccc1. The van der Waals surface area contributed by atoms with Crippen LogP contribution in [0.4, 0.5) is 0 Å². The highest BCUT2D eigenvalue weighted by Crippen LogP contribution is 2.07. The number of rotatable bonds is 4. The lowest BCUT2D eigenvalue weighted by atomic mass is 10.2. The van der Waals surface area contributed by atoms with E-state index in [-0.39, 0.29) is 11.3 Å². The van der Waals surface area contributed by atoms with E-state index < -0.39 is 15.9 Å². The van der Waals surface area contributed by atoms with E-state index in [9.17, 15) is 13.2 Å². The molecule has 0 fully saturated rings. The number of sulfonamides is 1. The number of nitrogens with one attached hydrogen (secondary N) is 1. The summed E-state index contributed by atoms with van der Waals surface area (Å²) in [6, 6.07) is 11.2. The summed E-state index contributed by atoms with van der Waals surface area (Å²) in [5.41, 5.74) is 0.656. The fourth-order valence-corrected chi connectivity index (χ4v) is 2.54. The van der Waals surface area contributed by atoms with E-state index in [2.05, 4.69) is 4.98 Å². The van der Waals surface area contributed by atoms with Crippen LogP contribution in [0.5, 0.6) is 0 Å². The molecule has 0 bridgehead atoms. The van der Waals surface area contributed by atoms with Crippen molar-refractivity contribution in [1.82, 2.24) is 9.71 Å². The minimum atomic E-state index is -3.80. The van der Waals surface area contributed by atoms with E-state index in [0.717, 1.165) is 0 Å². The van der Waals surface area contributed by atoms with Gasteiger partial charge in [-0.1, -0.05) is 24.3 Å². The average molecular weight is 276 g/mol. The standard InChI is InChI=1S/C13H12N2O3S/c16-13(9-11-5-4-8-14-10-11)15-19(17,18)12-6-2-1-3-7-12/h1-8,10H,9H2,(H,15,16). The molecule has 1 amide bonds. The van der Waals surface area contributed by atoms with Gasteiger partial charge < -0.3 is 0 Å². The van der Waals surface area contributed by atoms with Gasteiger partial charge in [0.2, 0.25) is 5.91 Å². The van der Waals surface area contributed by atoms with Gasteiger partial charge in [-0.3, -0.25) is 9.78 Å². The number of carbonyl (C=O) groups is 1. The first-order valence-corrected chi connectivity index (χ1v) is 7.06. The molecule has 0 saturated heterocycles. The third-order valence-corrected chi connectivity index (χ3v) is 3.78. The Kier molecular flexibility index (Phi) is 3.91. The molecule has 0 aliphatic rings. The first-order valence-electron chi connectivity index (χ1n) is 5.57. The molecule has 0 aliphatic heterocycles. The number of hydrogen-bond acceptors (Lipinski definition) is 4. The van der Waals surface area contributed by atoms with Gasteiger partial charge in [0.25, 0.3) is 10.0 Å². The topological polar surface area (TPSA) is 76.1 Å². The van der Waals surface area contributed by atoms with Crippen molar-refractivity contribution in [3.63, 3.8) is 0 Å². The molecule has 2 rings (SSSR count). The van der Waals surface area contributed by atoms with Gasteiger partial charge in [-0.2, -0.15) is 0 Å². The van der Waals surface area contributed by atoms with Gasteiger partial charge in [0.05, 0.1) is 11.3 Å². The van der Waals surface area contributed by atoms with Gasteiger partial charge in [-0.25, -0.2) is 13.1 Å². The van der Waals surface area contributed by atoms with Crippen molar-refractivity contribution in [1.29, 1.82) is 0 Å². The van der Waals surface area contributed by atoms with Crippen molar-refractivity contribution in [3.05, 3.63) is 60.4 Å². The van der Waals surface area contributed by atoms with Crippen LogP contribution in [-0.2, 0) is 21.2 Å². The van der Waals surface area contributed by atoms with Gasteiger partial charge in [0.1, 0.15) is 0 Å². The minimum Gasteiger partial charge on any atom is -0.274 e. The number of hydrogen-bond donors (Lipinski definition) is 1. The Bertz CT molecular complexity index is 655. The highest BCUT2D eigenvalue weighted by atomic mass is 32.2. The molecule has 0 spiro atoms. The number of amides is 1. The lowest BCUT2D eigenvalue weighted by Crippen LogP contribution is -2.31. The van der Waals surface area contributed by atoms with Crippen LogP contribution in [0.15, 0.2) is 59.8 Å². The number of pyridine rings is 1. The van der Waals surface area contributed by atoms with Crippen LogP contribution in [0.1, 0.15) is 5.56 Å². The number of aromatic nitrogens is 1. The minimum absolute atomic E-state index is 0.0279. The third kappa shape index (κ3) is 3.62. The molecule has 2 aromatic rings. The molecule has 1 aromatic carbocycles. The van der Waals surface area contributed by atoms with E-state index in [1.165, 1.54) is 18.3 Å². The van der Waals surface area contributed by atoms with Crippen molar-refractivity contribution in [2.45, 2.75) is 11.3 Å². The fourth-order valence-electron chi connectivity index (χ4n) is 1.53. The normalized spacial score (nSPS) is 10.9. The lowest BCUT2D eigenvalue weighted by Gasteiger charge is -2.06. The summed E-state index contributed by atoms with van der Waals surface area (Å²) in [5, 5.41) is 0. The van der Waals surface area contributed by atoms with Crippen molar-refractivity contribution in [2.24, 2.45) is 0 Å². The zero-order chi connectivity index (χ0) is 13.7. The van der Waals surface area contributed by atoms with Crippen LogP contribution in [0, 0.1) is 0 Å². The molecule has 0 atom stereocenters. The summed E-state index contributed by atoms with van der Waals surface area (Å²) in [7, 11) is -3.80. The summed E-state index contributed by atoms with van der Waals surface area (Å²) in [4.78, 5) is 15.6. The second-order valence-electron chi connectivity index (χ2n) is 3.88. The van der Waals surface area contributed by atoms with Gasteiger partial charge in [-0.05, 0) is 23.8 Å². The summed E-state index contributed by atoms with van der Waals surface area (Å²) < 4.78 is 25.8. The predicted molar refractivity (Wildman–Crippen MR) is 69.7 cm³/mol. The van der Waals surface area contributed by atoms with Gasteiger partial charge in [0.15, 0.2) is 0 Å². The summed E-state index contributed by atoms with van der Waals surface area (Å²) >= 11 is 0. The molecule has 19 heavy (non-hydrogen) atoms. The highest BCUT2D eigenvalue weighted by molar-refractivity contribution is 7.90. The summed E-state index contributed by atoms with van der Waals surface area (Å²) in [6.45, 7) is 0. The molecular formula is C13H12N2O3S. The quantitative estimate of drug-likeness (QED) is 0.908. The van der Waals surface area contributed by atoms with Crippen LogP contribution < -0.4 is 4.72 Å². The molecule has 6 heteroatoms. The van der Waals surface area contributed by atoms with Crippen molar-refractivity contribution in [2.75, 3.05) is 0 Å². The highest BCUT2D eigenvalue weighted by Gasteiger charge is 2.17. The van der Waals surface area contributed by atoms with E-state index >= 15 is 0 Å². The smallest absolute Gasteiger partial charge is 0.264 e. The Morgan fingerprint density at radius 1 is 1.11 bits per heavy atom. The average Bonchev–Trinajstić information content (AvgIpc) is 2.40. The van der Waals surface area contributed by atoms with Crippen LogP contribution in [0.3, 0.4) is 0 Å². The van der Waals surface area contributed by atoms with Crippen molar-refractivity contribution in [3.8, 4) is 0 Å². The molecule has 1 aromatic heterocycles. The Labute approximate surface area is 111 Å².